The first-order valence-corrected chi connectivity index (χ1v) is 9.04. The van der Waals surface area contributed by atoms with E-state index in [0.29, 0.717) is 6.42 Å². The first-order valence-electron chi connectivity index (χ1n) is 8.16. The van der Waals surface area contributed by atoms with Crippen LogP contribution >= 0.6 is 11.3 Å². The van der Waals surface area contributed by atoms with Crippen LogP contribution in [0.3, 0.4) is 0 Å². The Morgan fingerprint density at radius 3 is 2.35 bits per heavy atom. The quantitative estimate of drug-likeness (QED) is 0.540. The first kappa shape index (κ1) is 16.8. The predicted molar refractivity (Wildman–Crippen MR) is 98.6 cm³/mol. The van der Waals surface area contributed by atoms with Crippen LogP contribution in [0.1, 0.15) is 28.5 Å². The van der Waals surface area contributed by atoms with Crippen molar-refractivity contribution in [3.8, 4) is 0 Å². The summed E-state index contributed by atoms with van der Waals surface area (Å²) in [5.41, 5.74) is 1.24. The molecular formula is C20H15F3N2S. The molecule has 0 bridgehead atoms. The highest BCUT2D eigenvalue weighted by Gasteiger charge is 2.39. The molecule has 0 N–H and O–H groups in total. The fourth-order valence-electron chi connectivity index (χ4n) is 3.21. The van der Waals surface area contributed by atoms with Crippen molar-refractivity contribution in [3.63, 3.8) is 0 Å². The predicted octanol–water partition coefficient (Wildman–Crippen LogP) is 6.12. The van der Waals surface area contributed by atoms with E-state index in [1.54, 1.807) is 28.5 Å². The summed E-state index contributed by atoms with van der Waals surface area (Å²) in [4.78, 5) is 0.984. The molecule has 6 heteroatoms. The molecule has 0 amide bonds. The Hall–Kier alpha value is -2.60. The Kier molecular flexibility index (Phi) is 4.28. The topological polar surface area (TPSA) is 15.6 Å². The standard InChI is InChI=1S/C20H15F3N2S/c21-20(22,23)16-10-5-4-9-15(16)18-13-17(19-11-6-12-26-19)24-25(18)14-7-2-1-3-8-14/h1-12,18H,13H2/t18-/m0/s1. The van der Waals surface area contributed by atoms with E-state index in [0.717, 1.165) is 22.3 Å². The van der Waals surface area contributed by atoms with E-state index >= 15 is 0 Å². The van der Waals surface area contributed by atoms with E-state index in [4.69, 9.17) is 0 Å². The lowest BCUT2D eigenvalue weighted by molar-refractivity contribution is -0.138. The lowest BCUT2D eigenvalue weighted by Gasteiger charge is -2.26. The number of benzene rings is 2. The molecule has 2 nitrogen and oxygen atoms in total. The number of hydrazone groups is 1. The fourth-order valence-corrected chi connectivity index (χ4v) is 3.93. The van der Waals surface area contributed by atoms with Crippen LogP contribution in [-0.2, 0) is 6.18 Å². The molecule has 2 aromatic carbocycles. The van der Waals surface area contributed by atoms with Crippen LogP contribution in [0, 0.1) is 0 Å². The molecule has 1 aliphatic rings. The van der Waals surface area contributed by atoms with Gasteiger partial charge in [-0.05, 0) is 35.2 Å². The maximum atomic E-state index is 13.5. The highest BCUT2D eigenvalue weighted by atomic mass is 32.1. The van der Waals surface area contributed by atoms with Crippen molar-refractivity contribution in [2.45, 2.75) is 18.6 Å². The van der Waals surface area contributed by atoms with Gasteiger partial charge in [-0.2, -0.15) is 18.3 Å². The van der Waals surface area contributed by atoms with Crippen LogP contribution in [0.2, 0.25) is 0 Å². The van der Waals surface area contributed by atoms with Crippen molar-refractivity contribution >= 4 is 22.7 Å². The Bertz CT molecular complexity index is 918. The Morgan fingerprint density at radius 1 is 0.923 bits per heavy atom. The van der Waals surface area contributed by atoms with Crippen LogP contribution in [0.4, 0.5) is 18.9 Å². The third kappa shape index (κ3) is 3.12. The molecule has 0 saturated heterocycles. The summed E-state index contributed by atoms with van der Waals surface area (Å²) in [6.45, 7) is 0. The van der Waals surface area contributed by atoms with Gasteiger partial charge < -0.3 is 0 Å². The number of halogens is 3. The van der Waals surface area contributed by atoms with Gasteiger partial charge in [0.15, 0.2) is 0 Å². The summed E-state index contributed by atoms with van der Waals surface area (Å²) in [6, 6.07) is 18.5. The normalized spacial score (nSPS) is 17.4. The van der Waals surface area contributed by atoms with Crippen molar-refractivity contribution < 1.29 is 13.2 Å². The summed E-state index contributed by atoms with van der Waals surface area (Å²) < 4.78 is 40.6. The van der Waals surface area contributed by atoms with Crippen LogP contribution in [0.15, 0.2) is 77.2 Å². The molecule has 1 atom stereocenters. The average Bonchev–Trinajstić information content (AvgIpc) is 3.31. The summed E-state index contributed by atoms with van der Waals surface area (Å²) in [5, 5.41) is 8.33. The number of alkyl halides is 3. The van der Waals surface area contributed by atoms with Crippen LogP contribution in [0.5, 0.6) is 0 Å². The molecule has 26 heavy (non-hydrogen) atoms. The summed E-state index contributed by atoms with van der Waals surface area (Å²) in [7, 11) is 0. The number of anilines is 1. The van der Waals surface area contributed by atoms with Crippen LogP contribution in [0.25, 0.3) is 0 Å². The molecule has 2 heterocycles. The van der Waals surface area contributed by atoms with Crippen molar-refractivity contribution in [2.75, 3.05) is 5.01 Å². The van der Waals surface area contributed by atoms with Gasteiger partial charge in [-0.15, -0.1) is 11.3 Å². The number of para-hydroxylation sites is 1. The molecule has 0 saturated carbocycles. The number of thiophene rings is 1. The summed E-state index contributed by atoms with van der Waals surface area (Å²) in [6.07, 6.45) is -3.97. The monoisotopic (exact) mass is 372 g/mol. The average molecular weight is 372 g/mol. The van der Waals surface area contributed by atoms with Gasteiger partial charge in [-0.25, -0.2) is 0 Å². The molecular weight excluding hydrogens is 357 g/mol. The molecule has 0 radical (unpaired) electrons. The van der Waals surface area contributed by atoms with E-state index in [9.17, 15) is 13.2 Å². The largest absolute Gasteiger partial charge is 0.416 e. The molecule has 0 fully saturated rings. The van der Waals surface area contributed by atoms with Gasteiger partial charge in [-0.1, -0.05) is 42.5 Å². The van der Waals surface area contributed by atoms with E-state index in [-0.39, 0.29) is 5.56 Å². The van der Waals surface area contributed by atoms with Gasteiger partial charge in [-0.3, -0.25) is 5.01 Å². The third-order valence-electron chi connectivity index (χ3n) is 4.36. The van der Waals surface area contributed by atoms with Gasteiger partial charge in [0, 0.05) is 6.42 Å². The highest BCUT2D eigenvalue weighted by Crippen LogP contribution is 2.42. The zero-order valence-corrected chi connectivity index (χ0v) is 14.5. The third-order valence-corrected chi connectivity index (χ3v) is 5.28. The number of nitrogens with zero attached hydrogens (tertiary/aromatic N) is 2. The Balaban J connectivity index is 1.81. The Labute approximate surface area is 153 Å². The minimum Gasteiger partial charge on any atom is -0.257 e. The second kappa shape index (κ2) is 6.61. The lowest BCUT2D eigenvalue weighted by atomic mass is 9.95. The smallest absolute Gasteiger partial charge is 0.257 e. The van der Waals surface area contributed by atoms with Crippen molar-refractivity contribution in [1.29, 1.82) is 0 Å². The van der Waals surface area contributed by atoms with Crippen LogP contribution < -0.4 is 5.01 Å². The van der Waals surface area contributed by atoms with Gasteiger partial charge in [0.25, 0.3) is 0 Å². The van der Waals surface area contributed by atoms with Crippen molar-refractivity contribution in [2.24, 2.45) is 5.10 Å². The van der Waals surface area contributed by atoms with Gasteiger partial charge in [0.1, 0.15) is 0 Å². The van der Waals surface area contributed by atoms with Gasteiger partial charge >= 0.3 is 6.18 Å². The second-order valence-electron chi connectivity index (χ2n) is 6.01. The Morgan fingerprint density at radius 2 is 1.65 bits per heavy atom. The molecule has 0 unspecified atom stereocenters. The maximum absolute atomic E-state index is 13.5. The lowest BCUT2D eigenvalue weighted by Crippen LogP contribution is -2.22. The zero-order chi connectivity index (χ0) is 18.1. The molecule has 0 aliphatic carbocycles. The SMILES string of the molecule is FC(F)(F)c1ccccc1[C@@H]1CC(c2cccs2)=NN1c1ccccc1. The van der Waals surface area contributed by atoms with E-state index in [1.807, 2.05) is 47.8 Å². The minimum atomic E-state index is -4.40. The zero-order valence-electron chi connectivity index (χ0n) is 13.6. The fraction of sp³-hybridized carbons (Fsp3) is 0.150. The second-order valence-corrected chi connectivity index (χ2v) is 6.96. The maximum Gasteiger partial charge on any atom is 0.416 e. The molecule has 4 rings (SSSR count). The van der Waals surface area contributed by atoms with Gasteiger partial charge in [0.2, 0.25) is 0 Å². The van der Waals surface area contributed by atoms with E-state index < -0.39 is 17.8 Å². The van der Waals surface area contributed by atoms with E-state index in [2.05, 4.69) is 5.10 Å². The molecule has 1 aromatic heterocycles. The highest BCUT2D eigenvalue weighted by molar-refractivity contribution is 7.12. The van der Waals surface area contributed by atoms with Crippen LogP contribution in [-0.4, -0.2) is 5.71 Å². The van der Waals surface area contributed by atoms with E-state index in [1.165, 1.54) is 6.07 Å². The van der Waals surface area contributed by atoms with Crippen molar-refractivity contribution in [1.82, 2.24) is 0 Å². The van der Waals surface area contributed by atoms with Crippen molar-refractivity contribution in [3.05, 3.63) is 88.1 Å². The molecule has 1 aliphatic heterocycles. The first-order chi connectivity index (χ1) is 12.5. The number of rotatable bonds is 3. The minimum absolute atomic E-state index is 0.249. The molecule has 132 valence electrons. The molecule has 0 spiro atoms. The summed E-state index contributed by atoms with van der Waals surface area (Å²) in [5.74, 6) is 0. The van der Waals surface area contributed by atoms with Gasteiger partial charge in [0.05, 0.1) is 27.9 Å². The number of hydrogen-bond acceptors (Lipinski definition) is 3. The summed E-state index contributed by atoms with van der Waals surface area (Å²) >= 11 is 1.54. The number of hydrogen-bond donors (Lipinski definition) is 0. The molecule has 3 aromatic rings.